The number of fused-ring (bicyclic) bond motifs is 6. The summed E-state index contributed by atoms with van der Waals surface area (Å²) in [4.78, 5) is 9.04. The summed E-state index contributed by atoms with van der Waals surface area (Å²) in [5.41, 5.74) is 5.48. The second-order valence-corrected chi connectivity index (χ2v) is 24.8. The first-order valence-electron chi connectivity index (χ1n) is 15.8. The molecule has 0 aliphatic rings. The number of pyridine rings is 2. The Hall–Kier alpha value is -3.67. The Morgan fingerprint density at radius 2 is 1.45 bits per heavy atom. The standard InChI is InChI=1S/C23H24GeNS.C19H12N.Ir/c1-15(2)16-11-12-25-21(13-16)20-8-6-7-19-18-10-9-17(24(3,4)5)14-22(18)26-23(19)20;1-2-6-17-14(5-1)8-9-15-13-16(10-11-18(15)17)19-7-3-4-12-20-19;/h6-7,9-15H,1-5H3;1-9,11-13H;/q2*-1;. The molecule has 0 aliphatic heterocycles. The first kappa shape index (κ1) is 33.2. The van der Waals surface area contributed by atoms with Crippen LogP contribution in [0.2, 0.25) is 17.3 Å². The molecule has 3 heterocycles. The first-order valence-corrected chi connectivity index (χ1v) is 24.0. The fourth-order valence-electron chi connectivity index (χ4n) is 5.96. The molecule has 0 bridgehead atoms. The molecule has 0 fully saturated rings. The molecule has 0 unspecified atom stereocenters. The first-order chi connectivity index (χ1) is 22.3. The average Bonchev–Trinajstić information content (AvgIpc) is 3.47. The Labute approximate surface area is 297 Å². The van der Waals surface area contributed by atoms with Crippen LogP contribution in [-0.4, -0.2) is 23.2 Å². The Balaban J connectivity index is 0.000000166. The number of hydrogen-bond acceptors (Lipinski definition) is 3. The molecule has 0 amide bonds. The summed E-state index contributed by atoms with van der Waals surface area (Å²) in [6.07, 6.45) is 3.74. The van der Waals surface area contributed by atoms with E-state index < -0.39 is 13.3 Å². The van der Waals surface area contributed by atoms with Gasteiger partial charge in [0.05, 0.1) is 0 Å². The molecule has 5 aromatic carbocycles. The largest absolute Gasteiger partial charge is 0.305 e. The van der Waals surface area contributed by atoms with Crippen molar-refractivity contribution >= 4 is 70.7 Å². The van der Waals surface area contributed by atoms with Crippen LogP contribution in [0.15, 0.2) is 122 Å². The van der Waals surface area contributed by atoms with Crippen molar-refractivity contribution < 1.29 is 20.1 Å². The minimum absolute atomic E-state index is 0. The molecule has 8 rings (SSSR count). The monoisotopic (exact) mass is 867 g/mol. The maximum absolute atomic E-state index is 4.65. The van der Waals surface area contributed by atoms with Crippen LogP contribution >= 0.6 is 11.3 Å². The van der Waals surface area contributed by atoms with E-state index in [9.17, 15) is 0 Å². The van der Waals surface area contributed by atoms with Crippen LogP contribution in [0, 0.1) is 12.1 Å². The third kappa shape index (κ3) is 6.84. The zero-order valence-corrected chi connectivity index (χ0v) is 32.6. The van der Waals surface area contributed by atoms with E-state index in [1.165, 1.54) is 47.3 Å². The number of nitrogens with zero attached hydrogens (tertiary/aromatic N) is 2. The molecule has 5 heteroatoms. The normalized spacial score (nSPS) is 11.5. The van der Waals surface area contributed by atoms with Gasteiger partial charge in [-0.2, -0.15) is 0 Å². The van der Waals surface area contributed by atoms with Gasteiger partial charge in [0.15, 0.2) is 0 Å². The molecule has 0 saturated carbocycles. The Kier molecular flexibility index (Phi) is 9.78. The molecular weight excluding hydrogens is 829 g/mol. The second kappa shape index (κ2) is 13.8. The van der Waals surface area contributed by atoms with Crippen molar-refractivity contribution in [3.8, 4) is 22.5 Å². The summed E-state index contributed by atoms with van der Waals surface area (Å²) in [7, 11) is 0. The van der Waals surface area contributed by atoms with Crippen molar-refractivity contribution in [1.82, 2.24) is 9.97 Å². The van der Waals surface area contributed by atoms with Crippen molar-refractivity contribution in [3.05, 3.63) is 139 Å². The van der Waals surface area contributed by atoms with Gasteiger partial charge in [0.2, 0.25) is 0 Å². The Morgan fingerprint density at radius 1 is 0.660 bits per heavy atom. The predicted octanol–water partition coefficient (Wildman–Crippen LogP) is 11.4. The molecule has 0 spiro atoms. The van der Waals surface area contributed by atoms with Crippen LogP contribution in [0.3, 0.4) is 0 Å². The summed E-state index contributed by atoms with van der Waals surface area (Å²) in [5.74, 6) is 7.86. The van der Waals surface area contributed by atoms with Crippen LogP contribution in [-0.2, 0) is 20.1 Å². The molecule has 0 atom stereocenters. The molecule has 235 valence electrons. The van der Waals surface area contributed by atoms with Gasteiger partial charge in [-0.25, -0.2) is 0 Å². The minimum Gasteiger partial charge on any atom is -0.305 e. The third-order valence-electron chi connectivity index (χ3n) is 8.62. The number of rotatable bonds is 4. The van der Waals surface area contributed by atoms with E-state index >= 15 is 0 Å². The van der Waals surface area contributed by atoms with Gasteiger partial charge in [-0.15, -0.1) is 29.1 Å². The van der Waals surface area contributed by atoms with Gasteiger partial charge in [-0.1, -0.05) is 59.3 Å². The van der Waals surface area contributed by atoms with Crippen molar-refractivity contribution in [2.75, 3.05) is 0 Å². The number of thiophene rings is 1. The molecule has 0 saturated heterocycles. The molecule has 0 aliphatic carbocycles. The zero-order valence-electron chi connectivity index (χ0n) is 27.3. The number of hydrogen-bond donors (Lipinski definition) is 0. The SMILES string of the molecule is CC(C)c1ccnc(-c2[c-]ccc3c2sc2c[c]([Ge]([CH3])([CH3])[CH3])ccc23)c1.[Ir].[c-]1cc2c(ccc3ccccc32)cc1-c1ccccn1. The molecule has 47 heavy (non-hydrogen) atoms. The van der Waals surface area contributed by atoms with E-state index in [0.717, 1.165) is 22.5 Å². The van der Waals surface area contributed by atoms with Crippen LogP contribution < -0.4 is 4.40 Å². The van der Waals surface area contributed by atoms with Gasteiger partial charge < -0.3 is 4.98 Å². The summed E-state index contributed by atoms with van der Waals surface area (Å²) < 4.78 is 4.25. The molecule has 3 aromatic heterocycles. The Bertz CT molecular complexity index is 2340. The quantitative estimate of drug-likeness (QED) is 0.100. The van der Waals surface area contributed by atoms with Crippen LogP contribution in [0.5, 0.6) is 0 Å². The third-order valence-corrected chi connectivity index (χ3v) is 14.1. The van der Waals surface area contributed by atoms with Crippen molar-refractivity contribution in [3.63, 3.8) is 0 Å². The smallest absolute Gasteiger partial charge is 0.0160 e. The molecular formula is C42H36GeIrN2S-2. The number of aromatic nitrogens is 2. The molecule has 1 radical (unpaired) electrons. The van der Waals surface area contributed by atoms with Crippen LogP contribution in [0.25, 0.3) is 64.2 Å². The van der Waals surface area contributed by atoms with E-state index in [2.05, 4.69) is 138 Å². The average molecular weight is 866 g/mol. The van der Waals surface area contributed by atoms with Crippen molar-refractivity contribution in [2.24, 2.45) is 0 Å². The van der Waals surface area contributed by atoms with Gasteiger partial charge in [0.1, 0.15) is 0 Å². The summed E-state index contributed by atoms with van der Waals surface area (Å²) >= 11 is 0.0614. The minimum atomic E-state index is -1.82. The van der Waals surface area contributed by atoms with Crippen LogP contribution in [0.4, 0.5) is 0 Å². The van der Waals surface area contributed by atoms with E-state index in [1.54, 1.807) is 4.40 Å². The summed E-state index contributed by atoms with van der Waals surface area (Å²) in [6, 6.07) is 45.4. The van der Waals surface area contributed by atoms with Gasteiger partial charge in [0.25, 0.3) is 0 Å². The van der Waals surface area contributed by atoms with Crippen molar-refractivity contribution in [1.29, 1.82) is 0 Å². The van der Waals surface area contributed by atoms with Gasteiger partial charge in [-0.3, -0.25) is 0 Å². The molecule has 2 nitrogen and oxygen atoms in total. The second-order valence-electron chi connectivity index (χ2n) is 13.1. The fraction of sp³-hybridized carbons (Fsp3) is 0.143. The summed E-state index contributed by atoms with van der Waals surface area (Å²) in [5, 5.41) is 7.68. The maximum atomic E-state index is 4.65. The predicted molar refractivity (Wildman–Crippen MR) is 202 cm³/mol. The molecule has 8 aromatic rings. The van der Waals surface area contributed by atoms with Gasteiger partial charge in [0, 0.05) is 26.3 Å². The van der Waals surface area contributed by atoms with E-state index in [0.29, 0.717) is 5.92 Å². The van der Waals surface area contributed by atoms with Crippen LogP contribution in [0.1, 0.15) is 25.3 Å². The summed E-state index contributed by atoms with van der Waals surface area (Å²) in [6.45, 7) is 4.45. The van der Waals surface area contributed by atoms with Crippen molar-refractivity contribution in [2.45, 2.75) is 37.0 Å². The molecule has 0 N–H and O–H groups in total. The zero-order chi connectivity index (χ0) is 31.8. The fourth-order valence-corrected chi connectivity index (χ4v) is 9.86. The van der Waals surface area contributed by atoms with E-state index in [-0.39, 0.29) is 20.1 Å². The number of benzene rings is 5. The van der Waals surface area contributed by atoms with Gasteiger partial charge in [-0.05, 0) is 17.1 Å². The van der Waals surface area contributed by atoms with E-state index in [1.807, 2.05) is 48.0 Å². The Morgan fingerprint density at radius 3 is 2.23 bits per heavy atom. The topological polar surface area (TPSA) is 25.8 Å². The van der Waals surface area contributed by atoms with Gasteiger partial charge >= 0.3 is 163 Å². The maximum Gasteiger partial charge on any atom is 0.0160 e. The van der Waals surface area contributed by atoms with E-state index in [4.69, 9.17) is 0 Å².